The normalized spacial score (nSPS) is 15.5. The van der Waals surface area contributed by atoms with Crippen LogP contribution in [0.25, 0.3) is 21.6 Å². The summed E-state index contributed by atoms with van der Waals surface area (Å²) in [5.41, 5.74) is 2.18. The average molecular weight is 529 g/mol. The van der Waals surface area contributed by atoms with Crippen LogP contribution in [0, 0.1) is 11.7 Å². The van der Waals surface area contributed by atoms with Crippen molar-refractivity contribution in [2.45, 2.75) is 32.8 Å². The van der Waals surface area contributed by atoms with Gasteiger partial charge in [0, 0.05) is 16.0 Å². The number of aromatic amines is 1. The van der Waals surface area contributed by atoms with E-state index in [0.29, 0.717) is 38.8 Å². The zero-order valence-electron chi connectivity index (χ0n) is 18.2. The topological polar surface area (TPSA) is 64.2 Å². The van der Waals surface area contributed by atoms with Crippen molar-refractivity contribution in [1.82, 2.24) is 9.97 Å². The number of aryl methyl sites for hydroxylation is 1. The van der Waals surface area contributed by atoms with Crippen LogP contribution in [0.1, 0.15) is 29.3 Å². The Labute approximate surface area is 202 Å². The van der Waals surface area contributed by atoms with E-state index in [1.165, 1.54) is 18.1 Å². The maximum absolute atomic E-state index is 14.0. The summed E-state index contributed by atoms with van der Waals surface area (Å²) < 4.78 is 26.0. The molecule has 4 aromatic rings. The number of halogens is 2. The molecule has 0 saturated heterocycles. The molecule has 1 aliphatic carbocycles. The molecule has 0 saturated carbocycles. The monoisotopic (exact) mass is 528 g/mol. The van der Waals surface area contributed by atoms with Crippen LogP contribution in [0.2, 0.25) is 0 Å². The predicted octanol–water partition coefficient (Wildman–Crippen LogP) is 6.27. The first-order valence-corrected chi connectivity index (χ1v) is 12.3. The van der Waals surface area contributed by atoms with Gasteiger partial charge in [0.2, 0.25) is 0 Å². The lowest BCUT2D eigenvalue weighted by molar-refractivity contribution is 0.278. The molecule has 33 heavy (non-hydrogen) atoms. The Hall–Kier alpha value is -2.71. The van der Waals surface area contributed by atoms with Gasteiger partial charge < -0.3 is 14.5 Å². The van der Waals surface area contributed by atoms with Crippen LogP contribution in [-0.4, -0.2) is 17.1 Å². The molecule has 5 nitrogen and oxygen atoms in total. The van der Waals surface area contributed by atoms with Crippen molar-refractivity contribution in [3.63, 3.8) is 0 Å². The van der Waals surface area contributed by atoms with Gasteiger partial charge in [-0.25, -0.2) is 9.37 Å². The summed E-state index contributed by atoms with van der Waals surface area (Å²) in [4.78, 5) is 22.8. The molecule has 0 radical (unpaired) electrons. The van der Waals surface area contributed by atoms with Crippen LogP contribution < -0.4 is 15.0 Å². The highest BCUT2D eigenvalue weighted by Gasteiger charge is 2.23. The maximum Gasteiger partial charge on any atom is 0.260 e. The van der Waals surface area contributed by atoms with Crippen molar-refractivity contribution in [3.05, 3.63) is 73.0 Å². The van der Waals surface area contributed by atoms with Crippen molar-refractivity contribution in [2.24, 2.45) is 5.92 Å². The van der Waals surface area contributed by atoms with Crippen LogP contribution in [0.4, 0.5) is 4.39 Å². The minimum Gasteiger partial charge on any atom is -0.493 e. The number of ether oxygens (including phenoxy) is 2. The summed E-state index contributed by atoms with van der Waals surface area (Å²) in [5.74, 6) is 1.68. The Balaban J connectivity index is 1.51. The lowest BCUT2D eigenvalue weighted by Gasteiger charge is -2.17. The molecule has 1 aliphatic rings. The third-order valence-corrected chi connectivity index (χ3v) is 7.74. The highest BCUT2D eigenvalue weighted by molar-refractivity contribution is 9.10. The first kappa shape index (κ1) is 22.1. The Bertz CT molecular complexity index is 1420. The third-order valence-electron chi connectivity index (χ3n) is 6.00. The summed E-state index contributed by atoms with van der Waals surface area (Å²) in [6.07, 6.45) is 3.02. The van der Waals surface area contributed by atoms with E-state index < -0.39 is 0 Å². The molecule has 0 spiro atoms. The van der Waals surface area contributed by atoms with Gasteiger partial charge >= 0.3 is 0 Å². The van der Waals surface area contributed by atoms with Crippen molar-refractivity contribution < 1.29 is 13.9 Å². The lowest BCUT2D eigenvalue weighted by Crippen LogP contribution is -2.13. The maximum atomic E-state index is 14.0. The molecule has 0 amide bonds. The van der Waals surface area contributed by atoms with Crippen molar-refractivity contribution in [3.8, 4) is 22.9 Å². The van der Waals surface area contributed by atoms with Crippen LogP contribution >= 0.6 is 27.3 Å². The fraction of sp³-hybridized carbons (Fsp3) is 0.280. The minimum atomic E-state index is -0.327. The first-order valence-electron chi connectivity index (χ1n) is 10.7. The number of thiophene rings is 1. The molecule has 1 atom stereocenters. The third kappa shape index (κ3) is 4.17. The summed E-state index contributed by atoms with van der Waals surface area (Å²) in [6.45, 7) is 2.30. The van der Waals surface area contributed by atoms with Crippen LogP contribution in [0.5, 0.6) is 11.5 Å². The molecule has 0 bridgehead atoms. The molecule has 170 valence electrons. The molecule has 5 rings (SSSR count). The Morgan fingerprint density at radius 2 is 2.12 bits per heavy atom. The van der Waals surface area contributed by atoms with Gasteiger partial charge in [-0.05, 0) is 64.9 Å². The van der Waals surface area contributed by atoms with Gasteiger partial charge in [-0.2, -0.15) is 0 Å². The summed E-state index contributed by atoms with van der Waals surface area (Å²) in [5, 5.41) is 0.724. The van der Waals surface area contributed by atoms with Gasteiger partial charge in [-0.1, -0.05) is 25.1 Å². The lowest BCUT2D eigenvalue weighted by atomic mass is 9.89. The molecule has 2 aromatic heterocycles. The summed E-state index contributed by atoms with van der Waals surface area (Å²) in [6, 6.07) is 10.1. The van der Waals surface area contributed by atoms with Crippen molar-refractivity contribution >= 4 is 37.5 Å². The zero-order valence-corrected chi connectivity index (χ0v) is 20.6. The number of rotatable bonds is 5. The largest absolute Gasteiger partial charge is 0.493 e. The van der Waals surface area contributed by atoms with E-state index in [9.17, 15) is 9.18 Å². The van der Waals surface area contributed by atoms with Crippen LogP contribution in [0.3, 0.4) is 0 Å². The van der Waals surface area contributed by atoms with Crippen molar-refractivity contribution in [1.29, 1.82) is 0 Å². The quantitative estimate of drug-likeness (QED) is 0.331. The Morgan fingerprint density at radius 3 is 2.91 bits per heavy atom. The molecular weight excluding hydrogens is 507 g/mol. The molecule has 0 fully saturated rings. The van der Waals surface area contributed by atoms with E-state index in [1.54, 1.807) is 35.6 Å². The average Bonchev–Trinajstić information content (AvgIpc) is 3.16. The number of methoxy groups -OCH3 is 1. The summed E-state index contributed by atoms with van der Waals surface area (Å²) in [7, 11) is 1.54. The predicted molar refractivity (Wildman–Crippen MR) is 132 cm³/mol. The molecule has 2 aromatic carbocycles. The van der Waals surface area contributed by atoms with Gasteiger partial charge in [-0.15, -0.1) is 11.3 Å². The second-order valence-electron chi connectivity index (χ2n) is 8.32. The van der Waals surface area contributed by atoms with Gasteiger partial charge in [0.25, 0.3) is 5.56 Å². The molecule has 8 heteroatoms. The standard InChI is InChI=1S/C25H22BrFN2O3S/c1-13-7-8-16-20(9-13)33-25-21(16)24(30)28-23(29-25)15-10-17(26)22(19(11-15)31-2)32-12-14-5-3-4-6-18(14)27/h3-6,10-11,13H,7-9,12H2,1-2H3,(H,28,29,30). The van der Waals surface area contributed by atoms with Gasteiger partial charge in [-0.3, -0.25) is 4.79 Å². The van der Waals surface area contributed by atoms with E-state index in [0.717, 1.165) is 35.0 Å². The SMILES string of the molecule is COc1cc(-c2nc3sc4c(c3c(=O)[nH]2)CCC(C)C4)cc(Br)c1OCc1ccccc1F. The van der Waals surface area contributed by atoms with Crippen molar-refractivity contribution in [2.75, 3.05) is 7.11 Å². The van der Waals surface area contributed by atoms with E-state index in [2.05, 4.69) is 27.8 Å². The molecule has 1 N–H and O–H groups in total. The van der Waals surface area contributed by atoms with Crippen LogP contribution in [0.15, 0.2) is 45.7 Å². The molecule has 0 aliphatic heterocycles. The number of nitrogens with zero attached hydrogens (tertiary/aromatic N) is 1. The fourth-order valence-electron chi connectivity index (χ4n) is 4.25. The van der Waals surface area contributed by atoms with Gasteiger partial charge in [0.05, 0.1) is 17.0 Å². The molecule has 2 heterocycles. The van der Waals surface area contributed by atoms with E-state index in [4.69, 9.17) is 14.5 Å². The zero-order chi connectivity index (χ0) is 23.1. The number of fused-ring (bicyclic) bond motifs is 3. The van der Waals surface area contributed by atoms with E-state index in [-0.39, 0.29) is 18.0 Å². The van der Waals surface area contributed by atoms with Gasteiger partial charge in [0.1, 0.15) is 23.1 Å². The van der Waals surface area contributed by atoms with Crippen LogP contribution in [-0.2, 0) is 19.4 Å². The molecule has 1 unspecified atom stereocenters. The summed E-state index contributed by atoms with van der Waals surface area (Å²) >= 11 is 5.15. The Kier molecular flexibility index (Phi) is 5.97. The number of H-pyrrole nitrogens is 1. The smallest absolute Gasteiger partial charge is 0.260 e. The second-order valence-corrected chi connectivity index (χ2v) is 10.3. The highest BCUT2D eigenvalue weighted by Crippen LogP contribution is 2.40. The second kappa shape index (κ2) is 8.91. The van der Waals surface area contributed by atoms with Gasteiger partial charge in [0.15, 0.2) is 11.5 Å². The number of hydrogen-bond donors (Lipinski definition) is 1. The number of nitrogens with one attached hydrogen (secondary N) is 1. The van der Waals surface area contributed by atoms with E-state index in [1.807, 2.05) is 6.07 Å². The number of benzene rings is 2. The highest BCUT2D eigenvalue weighted by atomic mass is 79.9. The molecular formula is C25H22BrFN2O3S. The first-order chi connectivity index (χ1) is 15.9. The number of hydrogen-bond acceptors (Lipinski definition) is 5. The fourth-order valence-corrected chi connectivity index (χ4v) is 6.19. The Morgan fingerprint density at radius 1 is 1.30 bits per heavy atom. The van der Waals surface area contributed by atoms with E-state index >= 15 is 0 Å². The minimum absolute atomic E-state index is 0.0567. The number of aromatic nitrogens is 2.